The summed E-state index contributed by atoms with van der Waals surface area (Å²) in [4.78, 5) is 9.01. The second kappa shape index (κ2) is 5.04. The van der Waals surface area contributed by atoms with Crippen LogP contribution in [0.2, 0.25) is 10.2 Å². The molecule has 3 aromatic rings. The molecule has 0 unspecified atom stereocenters. The topological polar surface area (TPSA) is 25.8 Å². The summed E-state index contributed by atoms with van der Waals surface area (Å²) < 4.78 is 0. The molecule has 0 saturated heterocycles. The zero-order chi connectivity index (χ0) is 14.3. The van der Waals surface area contributed by atoms with Crippen LogP contribution in [-0.4, -0.2) is 9.97 Å². The van der Waals surface area contributed by atoms with Gasteiger partial charge < -0.3 is 0 Å². The number of aromatic nitrogens is 2. The number of fused-ring (bicyclic) bond motifs is 1. The summed E-state index contributed by atoms with van der Waals surface area (Å²) in [6.45, 7) is 4.09. The van der Waals surface area contributed by atoms with E-state index in [0.29, 0.717) is 16.0 Å². The first-order valence-electron chi connectivity index (χ1n) is 6.25. The van der Waals surface area contributed by atoms with Crippen LogP contribution in [0.3, 0.4) is 0 Å². The Morgan fingerprint density at radius 3 is 2.50 bits per heavy atom. The van der Waals surface area contributed by atoms with Crippen molar-refractivity contribution >= 4 is 34.1 Å². The van der Waals surface area contributed by atoms with Crippen LogP contribution >= 0.6 is 23.2 Å². The molecular formula is C16H12Cl2N2. The molecule has 0 aliphatic carbocycles. The van der Waals surface area contributed by atoms with E-state index < -0.39 is 0 Å². The molecule has 0 aliphatic heterocycles. The van der Waals surface area contributed by atoms with Crippen LogP contribution in [0, 0.1) is 13.8 Å². The molecule has 1 heterocycles. The Hall–Kier alpha value is -1.64. The van der Waals surface area contributed by atoms with E-state index >= 15 is 0 Å². The summed E-state index contributed by atoms with van der Waals surface area (Å²) in [6.07, 6.45) is 0. The van der Waals surface area contributed by atoms with Crippen LogP contribution in [0.5, 0.6) is 0 Å². The van der Waals surface area contributed by atoms with Gasteiger partial charge in [-0.15, -0.1) is 0 Å². The molecule has 2 nitrogen and oxygen atoms in total. The van der Waals surface area contributed by atoms with E-state index in [1.165, 1.54) is 5.56 Å². The van der Waals surface area contributed by atoms with Crippen LogP contribution in [0.4, 0.5) is 0 Å². The highest BCUT2D eigenvalue weighted by atomic mass is 35.5. The maximum absolute atomic E-state index is 6.27. The van der Waals surface area contributed by atoms with Gasteiger partial charge in [-0.25, -0.2) is 9.97 Å². The fraction of sp³-hybridized carbons (Fsp3) is 0.125. The van der Waals surface area contributed by atoms with Crippen LogP contribution < -0.4 is 0 Å². The Morgan fingerprint density at radius 1 is 0.900 bits per heavy atom. The standard InChI is InChI=1S/C16H12Cl2N2/c1-9-3-4-10(2)12(7-9)16-19-14-6-5-11(17)8-13(14)15(18)20-16/h3-8H,1-2H3. The molecule has 0 atom stereocenters. The average molecular weight is 303 g/mol. The van der Waals surface area contributed by atoms with Crippen molar-refractivity contribution in [3.05, 3.63) is 57.7 Å². The lowest BCUT2D eigenvalue weighted by molar-refractivity contribution is 1.21. The second-order valence-corrected chi connectivity index (χ2v) is 5.61. The molecule has 1 aromatic heterocycles. The van der Waals surface area contributed by atoms with Gasteiger partial charge in [-0.05, 0) is 43.7 Å². The van der Waals surface area contributed by atoms with Gasteiger partial charge in [0.05, 0.1) is 5.52 Å². The lowest BCUT2D eigenvalue weighted by Gasteiger charge is -2.08. The van der Waals surface area contributed by atoms with E-state index in [1.807, 2.05) is 19.9 Å². The maximum atomic E-state index is 6.27. The van der Waals surface area contributed by atoms with Gasteiger partial charge in [-0.2, -0.15) is 0 Å². The normalized spacial score (nSPS) is 11.0. The van der Waals surface area contributed by atoms with E-state index in [2.05, 4.69) is 28.2 Å². The smallest absolute Gasteiger partial charge is 0.161 e. The summed E-state index contributed by atoms with van der Waals surface area (Å²) in [6, 6.07) is 11.7. The third-order valence-corrected chi connectivity index (χ3v) is 3.77. The van der Waals surface area contributed by atoms with E-state index in [9.17, 15) is 0 Å². The second-order valence-electron chi connectivity index (χ2n) is 4.82. The van der Waals surface area contributed by atoms with E-state index in [4.69, 9.17) is 23.2 Å². The Labute approximate surface area is 127 Å². The minimum absolute atomic E-state index is 0.424. The number of hydrogen-bond acceptors (Lipinski definition) is 2. The highest BCUT2D eigenvalue weighted by Gasteiger charge is 2.10. The van der Waals surface area contributed by atoms with Gasteiger partial charge in [0.1, 0.15) is 5.15 Å². The summed E-state index contributed by atoms with van der Waals surface area (Å²) in [5.74, 6) is 0.644. The average Bonchev–Trinajstić information content (AvgIpc) is 2.42. The first kappa shape index (κ1) is 13.3. The molecule has 0 N–H and O–H groups in total. The Morgan fingerprint density at radius 2 is 1.70 bits per heavy atom. The van der Waals surface area contributed by atoms with Crippen molar-refractivity contribution in [3.63, 3.8) is 0 Å². The van der Waals surface area contributed by atoms with Crippen molar-refractivity contribution in [2.75, 3.05) is 0 Å². The maximum Gasteiger partial charge on any atom is 0.161 e. The van der Waals surface area contributed by atoms with Crippen LogP contribution in [0.15, 0.2) is 36.4 Å². The molecule has 0 radical (unpaired) electrons. The summed E-state index contributed by atoms with van der Waals surface area (Å²) in [5.41, 5.74) is 4.09. The quantitative estimate of drug-likeness (QED) is 0.576. The number of nitrogens with zero attached hydrogens (tertiary/aromatic N) is 2. The molecule has 0 bridgehead atoms. The molecule has 20 heavy (non-hydrogen) atoms. The highest BCUT2D eigenvalue weighted by molar-refractivity contribution is 6.35. The third kappa shape index (κ3) is 2.37. The lowest BCUT2D eigenvalue weighted by Crippen LogP contribution is -1.94. The number of benzene rings is 2. The first-order valence-corrected chi connectivity index (χ1v) is 7.00. The van der Waals surface area contributed by atoms with Gasteiger partial charge in [0.25, 0.3) is 0 Å². The zero-order valence-electron chi connectivity index (χ0n) is 11.1. The number of hydrogen-bond donors (Lipinski definition) is 0. The van der Waals surface area contributed by atoms with Gasteiger partial charge >= 0.3 is 0 Å². The van der Waals surface area contributed by atoms with Crippen LogP contribution in [-0.2, 0) is 0 Å². The van der Waals surface area contributed by atoms with E-state index in [0.717, 1.165) is 22.0 Å². The molecule has 0 aliphatic rings. The van der Waals surface area contributed by atoms with Gasteiger partial charge in [0, 0.05) is 16.0 Å². The SMILES string of the molecule is Cc1ccc(C)c(-c2nc(Cl)c3cc(Cl)ccc3n2)c1. The summed E-state index contributed by atoms with van der Waals surface area (Å²) in [5, 5.41) is 1.82. The lowest BCUT2D eigenvalue weighted by atomic mass is 10.0. The number of halogens is 2. The monoisotopic (exact) mass is 302 g/mol. The minimum atomic E-state index is 0.424. The first-order chi connectivity index (χ1) is 9.54. The van der Waals surface area contributed by atoms with Crippen molar-refractivity contribution < 1.29 is 0 Å². The fourth-order valence-corrected chi connectivity index (χ4v) is 2.56. The summed E-state index contributed by atoms with van der Waals surface area (Å²) >= 11 is 12.2. The predicted octanol–water partition coefficient (Wildman–Crippen LogP) is 5.22. The number of aryl methyl sites for hydroxylation is 2. The molecule has 0 spiro atoms. The van der Waals surface area contributed by atoms with Crippen LogP contribution in [0.25, 0.3) is 22.3 Å². The van der Waals surface area contributed by atoms with Crippen molar-refractivity contribution in [1.29, 1.82) is 0 Å². The molecule has 0 fully saturated rings. The third-order valence-electron chi connectivity index (χ3n) is 3.25. The summed E-state index contributed by atoms with van der Waals surface area (Å²) in [7, 11) is 0. The zero-order valence-corrected chi connectivity index (χ0v) is 12.6. The highest BCUT2D eigenvalue weighted by Crippen LogP contribution is 2.28. The molecule has 100 valence electrons. The van der Waals surface area contributed by atoms with Crippen molar-refractivity contribution in [3.8, 4) is 11.4 Å². The molecule has 2 aromatic carbocycles. The molecule has 3 rings (SSSR count). The van der Waals surface area contributed by atoms with Crippen LogP contribution in [0.1, 0.15) is 11.1 Å². The number of rotatable bonds is 1. The largest absolute Gasteiger partial charge is 0.228 e. The van der Waals surface area contributed by atoms with Gasteiger partial charge in [0.2, 0.25) is 0 Å². The van der Waals surface area contributed by atoms with Gasteiger partial charge in [-0.3, -0.25) is 0 Å². The fourth-order valence-electron chi connectivity index (χ4n) is 2.16. The Kier molecular flexibility index (Phi) is 3.36. The van der Waals surface area contributed by atoms with Crippen molar-refractivity contribution in [1.82, 2.24) is 9.97 Å². The predicted molar refractivity (Wildman–Crippen MR) is 84.5 cm³/mol. The minimum Gasteiger partial charge on any atom is -0.228 e. The molecule has 0 amide bonds. The van der Waals surface area contributed by atoms with E-state index in [-0.39, 0.29) is 0 Å². The van der Waals surface area contributed by atoms with Crippen molar-refractivity contribution in [2.24, 2.45) is 0 Å². The Bertz CT molecular complexity index is 813. The molecular weight excluding hydrogens is 291 g/mol. The van der Waals surface area contributed by atoms with Crippen molar-refractivity contribution in [2.45, 2.75) is 13.8 Å². The Balaban J connectivity index is 2.27. The van der Waals surface area contributed by atoms with Gasteiger partial charge in [0.15, 0.2) is 5.82 Å². The van der Waals surface area contributed by atoms with E-state index in [1.54, 1.807) is 12.1 Å². The molecule has 0 saturated carbocycles. The van der Waals surface area contributed by atoms with Gasteiger partial charge in [-0.1, -0.05) is 40.9 Å². The molecule has 4 heteroatoms.